The maximum absolute atomic E-state index is 8.97. The highest BCUT2D eigenvalue weighted by atomic mass is 16.5. The standard InChI is InChI=1S/C13H21NO2/c1-13(14,11-15)9-5-6-10-16-12-7-3-2-4-8-12/h2-4,7-8,15H,5-6,9-11,14H2,1H3. The molecule has 1 atom stereocenters. The first-order chi connectivity index (χ1) is 7.64. The van der Waals surface area contributed by atoms with E-state index < -0.39 is 5.54 Å². The molecule has 0 aliphatic heterocycles. The fourth-order valence-electron chi connectivity index (χ4n) is 1.42. The molecule has 1 aromatic rings. The summed E-state index contributed by atoms with van der Waals surface area (Å²) in [7, 11) is 0. The minimum atomic E-state index is -0.452. The fourth-order valence-corrected chi connectivity index (χ4v) is 1.42. The predicted octanol–water partition coefficient (Wildman–Crippen LogP) is 1.95. The maximum atomic E-state index is 8.97. The van der Waals surface area contributed by atoms with Gasteiger partial charge in [-0.3, -0.25) is 0 Å². The summed E-state index contributed by atoms with van der Waals surface area (Å²) in [6.07, 6.45) is 2.75. The van der Waals surface area contributed by atoms with E-state index in [1.807, 2.05) is 37.3 Å². The van der Waals surface area contributed by atoms with Crippen molar-refractivity contribution >= 4 is 0 Å². The van der Waals surface area contributed by atoms with E-state index in [-0.39, 0.29) is 6.61 Å². The van der Waals surface area contributed by atoms with Crippen molar-refractivity contribution in [2.24, 2.45) is 5.73 Å². The van der Waals surface area contributed by atoms with E-state index in [1.54, 1.807) is 0 Å². The topological polar surface area (TPSA) is 55.5 Å². The van der Waals surface area contributed by atoms with Crippen molar-refractivity contribution in [1.82, 2.24) is 0 Å². The van der Waals surface area contributed by atoms with Gasteiger partial charge in [-0.2, -0.15) is 0 Å². The summed E-state index contributed by atoms with van der Waals surface area (Å²) in [5, 5.41) is 8.97. The van der Waals surface area contributed by atoms with E-state index in [4.69, 9.17) is 15.6 Å². The van der Waals surface area contributed by atoms with Crippen molar-refractivity contribution in [3.8, 4) is 5.75 Å². The van der Waals surface area contributed by atoms with Crippen molar-refractivity contribution < 1.29 is 9.84 Å². The van der Waals surface area contributed by atoms with Crippen LogP contribution in [0.15, 0.2) is 30.3 Å². The number of benzene rings is 1. The van der Waals surface area contributed by atoms with Gasteiger partial charge in [0.15, 0.2) is 0 Å². The molecule has 1 rings (SSSR count). The zero-order chi connectivity index (χ0) is 11.9. The Balaban J connectivity index is 2.09. The summed E-state index contributed by atoms with van der Waals surface area (Å²) >= 11 is 0. The highest BCUT2D eigenvalue weighted by Crippen LogP contribution is 2.12. The van der Waals surface area contributed by atoms with E-state index in [0.29, 0.717) is 6.61 Å². The van der Waals surface area contributed by atoms with Crippen LogP contribution in [0, 0.1) is 0 Å². The highest BCUT2D eigenvalue weighted by molar-refractivity contribution is 5.20. The van der Waals surface area contributed by atoms with Crippen molar-refractivity contribution in [3.05, 3.63) is 30.3 Å². The molecule has 1 unspecified atom stereocenters. The summed E-state index contributed by atoms with van der Waals surface area (Å²) in [5.41, 5.74) is 5.37. The van der Waals surface area contributed by atoms with Crippen molar-refractivity contribution in [2.75, 3.05) is 13.2 Å². The van der Waals surface area contributed by atoms with E-state index >= 15 is 0 Å². The van der Waals surface area contributed by atoms with Gasteiger partial charge in [0.2, 0.25) is 0 Å². The summed E-state index contributed by atoms with van der Waals surface area (Å²) in [4.78, 5) is 0. The van der Waals surface area contributed by atoms with Gasteiger partial charge in [0.1, 0.15) is 5.75 Å². The Kier molecular flexibility index (Phi) is 5.29. The van der Waals surface area contributed by atoms with Gasteiger partial charge in [0.25, 0.3) is 0 Å². The largest absolute Gasteiger partial charge is 0.494 e. The van der Waals surface area contributed by atoms with Crippen LogP contribution in [-0.4, -0.2) is 23.9 Å². The van der Waals surface area contributed by atoms with Gasteiger partial charge in [-0.25, -0.2) is 0 Å². The second-order valence-electron chi connectivity index (χ2n) is 4.43. The lowest BCUT2D eigenvalue weighted by atomic mass is 9.97. The Morgan fingerprint density at radius 3 is 2.56 bits per heavy atom. The van der Waals surface area contributed by atoms with Gasteiger partial charge in [0, 0.05) is 5.54 Å². The molecular weight excluding hydrogens is 202 g/mol. The Labute approximate surface area is 97.2 Å². The molecule has 0 aliphatic carbocycles. The molecule has 3 nitrogen and oxygen atoms in total. The smallest absolute Gasteiger partial charge is 0.119 e. The average Bonchev–Trinajstić information content (AvgIpc) is 2.30. The molecule has 0 heterocycles. The third kappa shape index (κ3) is 5.14. The average molecular weight is 223 g/mol. The van der Waals surface area contributed by atoms with Crippen LogP contribution in [0.5, 0.6) is 5.75 Å². The summed E-state index contributed by atoms with van der Waals surface area (Å²) in [5.74, 6) is 0.903. The predicted molar refractivity (Wildman–Crippen MR) is 65.5 cm³/mol. The number of nitrogens with two attached hydrogens (primary N) is 1. The number of aliphatic hydroxyl groups is 1. The first kappa shape index (κ1) is 13.0. The van der Waals surface area contributed by atoms with Gasteiger partial charge in [-0.1, -0.05) is 18.2 Å². The van der Waals surface area contributed by atoms with Crippen molar-refractivity contribution in [3.63, 3.8) is 0 Å². The summed E-state index contributed by atoms with van der Waals surface area (Å²) in [6.45, 7) is 2.60. The second kappa shape index (κ2) is 6.51. The lowest BCUT2D eigenvalue weighted by molar-refractivity contribution is 0.194. The molecule has 0 saturated carbocycles. The second-order valence-corrected chi connectivity index (χ2v) is 4.43. The molecular formula is C13H21NO2. The van der Waals surface area contributed by atoms with Gasteiger partial charge < -0.3 is 15.6 Å². The first-order valence-corrected chi connectivity index (χ1v) is 5.72. The molecule has 0 bridgehead atoms. The number of para-hydroxylation sites is 1. The minimum absolute atomic E-state index is 0.0343. The molecule has 3 N–H and O–H groups in total. The first-order valence-electron chi connectivity index (χ1n) is 5.72. The monoisotopic (exact) mass is 223 g/mol. The fraction of sp³-hybridized carbons (Fsp3) is 0.538. The third-order valence-corrected chi connectivity index (χ3v) is 2.52. The molecule has 90 valence electrons. The molecule has 1 aromatic carbocycles. The number of rotatable bonds is 7. The molecule has 0 saturated heterocycles. The number of hydrogen-bond acceptors (Lipinski definition) is 3. The van der Waals surface area contributed by atoms with Crippen LogP contribution < -0.4 is 10.5 Å². The van der Waals surface area contributed by atoms with Gasteiger partial charge in [0.05, 0.1) is 13.2 Å². The Hall–Kier alpha value is -1.06. The Morgan fingerprint density at radius 2 is 1.94 bits per heavy atom. The minimum Gasteiger partial charge on any atom is -0.494 e. The molecule has 3 heteroatoms. The number of unbranched alkanes of at least 4 members (excludes halogenated alkanes) is 1. The zero-order valence-electron chi connectivity index (χ0n) is 9.86. The summed E-state index contributed by atoms with van der Waals surface area (Å²) < 4.78 is 5.55. The van der Waals surface area contributed by atoms with Gasteiger partial charge >= 0.3 is 0 Å². The molecule has 0 fully saturated rings. The lowest BCUT2D eigenvalue weighted by Gasteiger charge is -2.21. The maximum Gasteiger partial charge on any atom is 0.119 e. The van der Waals surface area contributed by atoms with Crippen LogP contribution in [0.2, 0.25) is 0 Å². The van der Waals surface area contributed by atoms with Crippen LogP contribution in [0.3, 0.4) is 0 Å². The Morgan fingerprint density at radius 1 is 1.25 bits per heavy atom. The molecule has 0 spiro atoms. The third-order valence-electron chi connectivity index (χ3n) is 2.52. The molecule has 16 heavy (non-hydrogen) atoms. The van der Waals surface area contributed by atoms with E-state index in [0.717, 1.165) is 25.0 Å². The quantitative estimate of drug-likeness (QED) is 0.695. The molecule has 0 radical (unpaired) electrons. The number of hydrogen-bond donors (Lipinski definition) is 2. The normalized spacial score (nSPS) is 14.4. The van der Waals surface area contributed by atoms with Crippen molar-refractivity contribution in [2.45, 2.75) is 31.7 Å². The number of ether oxygens (including phenoxy) is 1. The highest BCUT2D eigenvalue weighted by Gasteiger charge is 2.15. The van der Waals surface area contributed by atoms with Crippen LogP contribution >= 0.6 is 0 Å². The summed E-state index contributed by atoms with van der Waals surface area (Å²) in [6, 6.07) is 9.77. The van der Waals surface area contributed by atoms with E-state index in [2.05, 4.69) is 0 Å². The lowest BCUT2D eigenvalue weighted by Crippen LogP contribution is -2.39. The Bertz CT molecular complexity index is 285. The van der Waals surface area contributed by atoms with Crippen LogP contribution in [0.1, 0.15) is 26.2 Å². The SMILES string of the molecule is CC(N)(CO)CCCCOc1ccccc1. The van der Waals surface area contributed by atoms with Crippen LogP contribution in [0.4, 0.5) is 0 Å². The molecule has 0 amide bonds. The number of aliphatic hydroxyl groups excluding tert-OH is 1. The van der Waals surface area contributed by atoms with Crippen LogP contribution in [-0.2, 0) is 0 Å². The molecule has 0 aliphatic rings. The van der Waals surface area contributed by atoms with E-state index in [1.165, 1.54) is 0 Å². The van der Waals surface area contributed by atoms with E-state index in [9.17, 15) is 0 Å². The van der Waals surface area contributed by atoms with Crippen molar-refractivity contribution in [1.29, 1.82) is 0 Å². The zero-order valence-corrected chi connectivity index (χ0v) is 9.86. The van der Waals surface area contributed by atoms with Gasteiger partial charge in [-0.15, -0.1) is 0 Å². The van der Waals surface area contributed by atoms with Gasteiger partial charge in [-0.05, 0) is 38.3 Å². The molecule has 0 aromatic heterocycles. The van der Waals surface area contributed by atoms with Crippen LogP contribution in [0.25, 0.3) is 0 Å².